The molecule has 10 rings (SSSR count). The summed E-state index contributed by atoms with van der Waals surface area (Å²) >= 11 is 0. The van der Waals surface area contributed by atoms with E-state index in [1.54, 1.807) is 0 Å². The fourth-order valence-electron chi connectivity index (χ4n) is 6.10. The van der Waals surface area contributed by atoms with E-state index in [9.17, 15) is 27.4 Å². The minimum Gasteiger partial charge on any atom is -0.310 e. The van der Waals surface area contributed by atoms with Crippen LogP contribution in [0, 0.1) is 0 Å². The van der Waals surface area contributed by atoms with Crippen molar-refractivity contribution in [3.05, 3.63) is 223 Å². The van der Waals surface area contributed by atoms with Crippen molar-refractivity contribution in [1.29, 1.82) is 0 Å². The number of hydrogen-bond donors (Lipinski definition) is 0. The van der Waals surface area contributed by atoms with Crippen LogP contribution in [-0.4, -0.2) is 0 Å². The summed E-state index contributed by atoms with van der Waals surface area (Å²) in [5, 5.41) is -1.98. The molecule has 0 aliphatic heterocycles. The van der Waals surface area contributed by atoms with Gasteiger partial charge in [-0.15, -0.1) is 0 Å². The molecule has 0 unspecified atom stereocenters. The topological polar surface area (TPSA) is 3.24 Å². The highest BCUT2D eigenvalue weighted by Crippen LogP contribution is 2.50. The second-order valence-corrected chi connectivity index (χ2v) is 11.8. The van der Waals surface area contributed by atoms with Gasteiger partial charge in [0.1, 0.15) is 0 Å². The van der Waals surface area contributed by atoms with Crippen molar-refractivity contribution in [2.24, 2.45) is 0 Å². The highest BCUT2D eigenvalue weighted by atomic mass is 15.1. The van der Waals surface area contributed by atoms with Gasteiger partial charge in [-0.05, 0) is 108 Å². The standard InChI is InChI=1S/C55H41N/c1-55(2)51-26-13-11-24-47(51)48-34-33-43(37-52(48)55)42-19-15-22-45(36-42)56(44-20-7-4-8-21-44)53-27-14-12-25-49(53)50-35-32-40-18-9-10-23-46(40)54(50)41-30-28-39(29-31-41)38-16-5-3-6-17-38/h3-37H,1-2H3/i1D3,2D3,3D,4D,5D,6D,7D,8D,9D,10D,11D,12D,13D,14D,15D,16D,17D,18D,19D,20D,21D,22D,23D,24D,25D,26D,27D,28D,29D,30D,31D,32D,33D,34D,35D,36D,37D. The maximum atomic E-state index is 10.2. The van der Waals surface area contributed by atoms with Crippen LogP contribution in [0.3, 0.4) is 0 Å². The van der Waals surface area contributed by atoms with E-state index in [1.807, 2.05) is 0 Å². The molecule has 1 aliphatic carbocycles. The van der Waals surface area contributed by atoms with Crippen LogP contribution in [0.25, 0.3) is 66.4 Å². The van der Waals surface area contributed by atoms with Crippen molar-refractivity contribution < 1.29 is 56.2 Å². The van der Waals surface area contributed by atoms with E-state index >= 15 is 0 Å². The third kappa shape index (κ3) is 5.72. The largest absolute Gasteiger partial charge is 0.310 e. The third-order valence-electron chi connectivity index (χ3n) is 8.56. The van der Waals surface area contributed by atoms with Gasteiger partial charge in [-0.3, -0.25) is 0 Å². The van der Waals surface area contributed by atoms with E-state index < -0.39 is 325 Å². The molecular formula is C55H41N. The molecule has 266 valence electrons. The maximum Gasteiger partial charge on any atom is 0.0651 e. The van der Waals surface area contributed by atoms with Gasteiger partial charge in [0.25, 0.3) is 0 Å². The Bertz CT molecular complexity index is 5040. The Morgan fingerprint density at radius 1 is 0.393 bits per heavy atom. The second kappa shape index (κ2) is 13.7. The molecule has 0 saturated carbocycles. The normalized spacial score (nSPS) is 23.4. The van der Waals surface area contributed by atoms with Gasteiger partial charge in [0.05, 0.1) is 53.7 Å². The Hall–Kier alpha value is -6.96. The molecule has 0 saturated heterocycles. The Kier molecular flexibility index (Phi) is 2.83. The predicted molar refractivity (Wildman–Crippen MR) is 238 cm³/mol. The number of fused-ring (bicyclic) bond motifs is 4. The summed E-state index contributed by atoms with van der Waals surface area (Å²) in [7, 11) is 0. The van der Waals surface area contributed by atoms with Crippen LogP contribution in [0.2, 0.25) is 0 Å². The Morgan fingerprint density at radius 2 is 0.964 bits per heavy atom. The molecular weight excluding hydrogens is 675 g/mol. The van der Waals surface area contributed by atoms with E-state index in [-0.39, 0.29) is 4.90 Å². The zero-order valence-electron chi connectivity index (χ0n) is 68.9. The van der Waals surface area contributed by atoms with E-state index in [2.05, 4.69) is 0 Å². The molecule has 1 heteroatoms. The van der Waals surface area contributed by atoms with Crippen molar-refractivity contribution in [3.63, 3.8) is 0 Å². The van der Waals surface area contributed by atoms with Gasteiger partial charge >= 0.3 is 0 Å². The van der Waals surface area contributed by atoms with Gasteiger partial charge in [-0.25, -0.2) is 0 Å². The van der Waals surface area contributed by atoms with Crippen molar-refractivity contribution in [2.75, 3.05) is 4.90 Å². The highest BCUT2D eigenvalue weighted by molar-refractivity contribution is 6.06. The minimum atomic E-state index is -4.04. The first kappa shape index (κ1) is 11.5. The van der Waals surface area contributed by atoms with Crippen molar-refractivity contribution in [3.8, 4) is 55.6 Å². The number of hydrogen-bond acceptors (Lipinski definition) is 1. The summed E-state index contributed by atoms with van der Waals surface area (Å²) in [4.78, 5) is 0.102. The lowest BCUT2D eigenvalue weighted by molar-refractivity contribution is 0.660. The lowest BCUT2D eigenvalue weighted by atomic mass is 9.81. The Balaban J connectivity index is 1.48. The lowest BCUT2D eigenvalue weighted by Gasteiger charge is -2.29. The molecule has 9 aromatic carbocycles. The van der Waals surface area contributed by atoms with Gasteiger partial charge in [0.2, 0.25) is 0 Å². The molecule has 0 fully saturated rings. The SMILES string of the molecule is [2H]c1c([2H])c([2H])c(-c2c([2H])c([2H])c(-c3c(-c4c([2H])c([2H])c([2H])c([2H])c4N(c4c([2H])c([2H])c([2H])c([2H])c4[2H])c4c([2H])c([2H])c([2H])c(-c5c([2H])c([2H])c6c(c5[2H])C(C([2H])([2H])[2H])(C([2H])([2H])[2H])c5c([2H])c([2H])c([2H])c([2H])c5-6)c4[2H])c([2H])c([2H])c4c([2H])c([2H])c([2H])c([2H])c34)c([2H])c2[2H])c([2H])c1[2H]. The second-order valence-electron chi connectivity index (χ2n) is 11.8. The molecule has 0 amide bonds. The molecule has 1 nitrogen and oxygen atoms in total. The zero-order valence-corrected chi connectivity index (χ0v) is 27.9. The first-order valence-corrected chi connectivity index (χ1v) is 16.2. The van der Waals surface area contributed by atoms with E-state index in [0.29, 0.717) is 0 Å². The van der Waals surface area contributed by atoms with E-state index in [4.69, 9.17) is 28.8 Å². The summed E-state index contributed by atoms with van der Waals surface area (Å²) in [5.41, 5.74) is -22.3. The average Bonchev–Trinajstić information content (AvgIpc) is 1.54. The summed E-state index contributed by atoms with van der Waals surface area (Å²) in [6, 6.07) is -45.2. The van der Waals surface area contributed by atoms with Gasteiger partial charge in [-0.1, -0.05) is 189 Å². The number of para-hydroxylation sites is 2. The first-order valence-electron chi connectivity index (χ1n) is 36.7. The van der Waals surface area contributed by atoms with Gasteiger partial charge < -0.3 is 4.90 Å². The van der Waals surface area contributed by atoms with Crippen LogP contribution in [0.5, 0.6) is 0 Å². The summed E-state index contributed by atoms with van der Waals surface area (Å²) in [5.74, 6) is 0. The van der Waals surface area contributed by atoms with Gasteiger partial charge in [0.15, 0.2) is 0 Å². The fraction of sp³-hybridized carbons (Fsp3) is 0.0545. The summed E-state index contributed by atoms with van der Waals surface area (Å²) < 4.78 is 375. The number of nitrogens with zero attached hydrogens (tertiary/aromatic N) is 1. The number of benzene rings is 9. The van der Waals surface area contributed by atoms with Crippen LogP contribution in [0.1, 0.15) is 81.0 Å². The zero-order chi connectivity index (χ0) is 73.1. The molecule has 0 atom stereocenters. The molecule has 56 heavy (non-hydrogen) atoms. The number of anilines is 3. The molecule has 0 N–H and O–H groups in total. The Morgan fingerprint density at radius 3 is 1.79 bits per heavy atom. The summed E-state index contributed by atoms with van der Waals surface area (Å²) in [6.45, 7) is -8.09. The molecule has 0 radical (unpaired) electrons. The van der Waals surface area contributed by atoms with E-state index in [1.165, 1.54) is 0 Å². The smallest absolute Gasteiger partial charge is 0.0651 e. The van der Waals surface area contributed by atoms with Crippen LogP contribution < -0.4 is 4.90 Å². The predicted octanol–water partition coefficient (Wildman–Crippen LogP) is 15.3. The molecule has 0 aromatic heterocycles. The Labute approximate surface area is 387 Å². The number of rotatable bonds is 7. The quantitative estimate of drug-likeness (QED) is 0.157. The van der Waals surface area contributed by atoms with E-state index in [0.717, 1.165) is 0 Å². The molecule has 9 aromatic rings. The van der Waals surface area contributed by atoms with Crippen molar-refractivity contribution in [1.82, 2.24) is 0 Å². The molecule has 0 spiro atoms. The highest BCUT2D eigenvalue weighted by Gasteiger charge is 2.35. The van der Waals surface area contributed by atoms with Crippen molar-refractivity contribution >= 4 is 27.8 Å². The van der Waals surface area contributed by atoms with Crippen LogP contribution >= 0.6 is 0 Å². The fourth-order valence-corrected chi connectivity index (χ4v) is 6.10. The molecule has 1 aliphatic rings. The molecule has 0 bridgehead atoms. The minimum absolute atomic E-state index is 0.102. The van der Waals surface area contributed by atoms with Crippen LogP contribution in [-0.2, 0) is 5.41 Å². The van der Waals surface area contributed by atoms with Crippen molar-refractivity contribution in [2.45, 2.75) is 19.1 Å². The van der Waals surface area contributed by atoms with Crippen LogP contribution in [0.15, 0.2) is 211 Å². The first-order chi connectivity index (χ1) is 44.6. The monoisotopic (exact) mass is 757 g/mol. The maximum absolute atomic E-state index is 10.2. The van der Waals surface area contributed by atoms with Gasteiger partial charge in [0, 0.05) is 30.6 Å². The molecule has 0 heterocycles. The summed E-state index contributed by atoms with van der Waals surface area (Å²) in [6.07, 6.45) is 0. The van der Waals surface area contributed by atoms with Crippen LogP contribution in [0.4, 0.5) is 17.1 Å². The third-order valence-corrected chi connectivity index (χ3v) is 8.56. The average molecular weight is 757 g/mol. The van der Waals surface area contributed by atoms with Gasteiger partial charge in [-0.2, -0.15) is 0 Å². The lowest BCUT2D eigenvalue weighted by Crippen LogP contribution is -2.14.